The van der Waals surface area contributed by atoms with Crippen molar-refractivity contribution in [3.8, 4) is 0 Å². The van der Waals surface area contributed by atoms with Crippen LogP contribution in [0.25, 0.3) is 0 Å². The first-order valence-corrected chi connectivity index (χ1v) is 9.11. The van der Waals surface area contributed by atoms with Crippen LogP contribution in [-0.2, 0) is 15.9 Å². The first kappa shape index (κ1) is 22.5. The summed E-state index contributed by atoms with van der Waals surface area (Å²) < 4.78 is 11.2. The second-order valence-corrected chi connectivity index (χ2v) is 6.21. The van der Waals surface area contributed by atoms with Crippen LogP contribution in [0.15, 0.2) is 29.3 Å². The Balaban J connectivity index is 0.00000312. The average molecular weight is 482 g/mol. The number of rotatable bonds is 9. The zero-order valence-corrected chi connectivity index (χ0v) is 17.9. The molecule has 2 rings (SSSR count). The molecule has 0 radical (unpaired) electrons. The third-order valence-corrected chi connectivity index (χ3v) is 4.05. The minimum atomic E-state index is 0. The van der Waals surface area contributed by atoms with Crippen molar-refractivity contribution in [3.63, 3.8) is 0 Å². The van der Waals surface area contributed by atoms with Gasteiger partial charge in [0.1, 0.15) is 0 Å². The van der Waals surface area contributed by atoms with Crippen molar-refractivity contribution in [1.29, 1.82) is 0 Å². The van der Waals surface area contributed by atoms with E-state index in [2.05, 4.69) is 22.5 Å². The molecule has 1 heterocycles. The fourth-order valence-electron chi connectivity index (χ4n) is 2.53. The molecule has 0 aliphatic carbocycles. The molecule has 7 heteroatoms. The maximum absolute atomic E-state index is 5.90. The third kappa shape index (κ3) is 9.63. The van der Waals surface area contributed by atoms with Crippen LogP contribution in [0.1, 0.15) is 25.3 Å². The summed E-state index contributed by atoms with van der Waals surface area (Å²) in [4.78, 5) is 4.53. The summed E-state index contributed by atoms with van der Waals surface area (Å²) in [5.41, 5.74) is 1.25. The van der Waals surface area contributed by atoms with Gasteiger partial charge in [0.25, 0.3) is 0 Å². The highest BCUT2D eigenvalue weighted by Gasteiger charge is 2.14. The van der Waals surface area contributed by atoms with Gasteiger partial charge in [-0.3, -0.25) is 4.99 Å². The van der Waals surface area contributed by atoms with E-state index in [4.69, 9.17) is 21.1 Å². The van der Waals surface area contributed by atoms with Gasteiger partial charge < -0.3 is 20.1 Å². The second-order valence-electron chi connectivity index (χ2n) is 5.77. The lowest BCUT2D eigenvalue weighted by molar-refractivity contribution is 0.0200. The molecule has 5 nitrogen and oxygen atoms in total. The number of aliphatic imine (C=N–C) groups is 1. The Kier molecular flexibility index (Phi) is 12.2. The van der Waals surface area contributed by atoms with Gasteiger partial charge in [-0.15, -0.1) is 24.0 Å². The van der Waals surface area contributed by atoms with Crippen molar-refractivity contribution in [2.75, 3.05) is 39.5 Å². The first-order chi connectivity index (χ1) is 11.8. The maximum atomic E-state index is 5.90. The normalized spacial score (nSPS) is 17.2. The molecule has 1 aromatic rings. The predicted octanol–water partition coefficient (Wildman–Crippen LogP) is 3.25. The number of halogens is 2. The minimum Gasteiger partial charge on any atom is -0.377 e. The molecule has 0 aromatic heterocycles. The smallest absolute Gasteiger partial charge is 0.191 e. The van der Waals surface area contributed by atoms with Crippen molar-refractivity contribution >= 4 is 41.5 Å². The van der Waals surface area contributed by atoms with E-state index in [0.717, 1.165) is 49.9 Å². The van der Waals surface area contributed by atoms with E-state index in [0.29, 0.717) is 19.8 Å². The van der Waals surface area contributed by atoms with Crippen molar-refractivity contribution in [2.45, 2.75) is 32.3 Å². The summed E-state index contributed by atoms with van der Waals surface area (Å²) in [7, 11) is 0. The number of nitrogens with one attached hydrogen (secondary N) is 2. The van der Waals surface area contributed by atoms with E-state index in [-0.39, 0.29) is 30.1 Å². The van der Waals surface area contributed by atoms with Crippen LogP contribution in [0.4, 0.5) is 0 Å². The van der Waals surface area contributed by atoms with Gasteiger partial charge in [0, 0.05) is 24.7 Å². The fraction of sp³-hybridized carbons (Fsp3) is 0.611. The highest BCUT2D eigenvalue weighted by Crippen LogP contribution is 2.11. The van der Waals surface area contributed by atoms with Crippen molar-refractivity contribution in [3.05, 3.63) is 34.9 Å². The van der Waals surface area contributed by atoms with Crippen LogP contribution in [0.5, 0.6) is 0 Å². The minimum absolute atomic E-state index is 0. The van der Waals surface area contributed by atoms with Gasteiger partial charge in [-0.2, -0.15) is 0 Å². The van der Waals surface area contributed by atoms with E-state index < -0.39 is 0 Å². The molecule has 1 aliphatic heterocycles. The summed E-state index contributed by atoms with van der Waals surface area (Å²) >= 11 is 5.90. The molecular formula is C18H29ClIN3O2. The zero-order chi connectivity index (χ0) is 17.0. The van der Waals surface area contributed by atoms with Crippen molar-refractivity contribution in [2.24, 2.45) is 4.99 Å². The van der Waals surface area contributed by atoms with Crippen molar-refractivity contribution < 1.29 is 9.47 Å². The first-order valence-electron chi connectivity index (χ1n) is 8.74. The lowest BCUT2D eigenvalue weighted by Gasteiger charge is -2.12. The molecule has 1 aliphatic rings. The number of hydrogen-bond donors (Lipinski definition) is 2. The SMILES string of the molecule is CCNC(=NCCOCC1CCCO1)NCCc1ccc(Cl)cc1.I. The average Bonchev–Trinajstić information content (AvgIpc) is 3.10. The van der Waals surface area contributed by atoms with Gasteiger partial charge in [-0.1, -0.05) is 23.7 Å². The number of guanidine groups is 1. The van der Waals surface area contributed by atoms with Gasteiger partial charge in [0.05, 0.1) is 25.9 Å². The van der Waals surface area contributed by atoms with E-state index in [1.165, 1.54) is 5.56 Å². The van der Waals surface area contributed by atoms with Crippen LogP contribution in [0.3, 0.4) is 0 Å². The number of hydrogen-bond acceptors (Lipinski definition) is 3. The standard InChI is InChI=1S/C18H28ClN3O2.HI/c1-2-20-18(21-10-9-15-5-7-16(19)8-6-15)22-11-13-23-14-17-4-3-12-24-17;/h5-8,17H,2-4,9-14H2,1H3,(H2,20,21,22);1H. The zero-order valence-electron chi connectivity index (χ0n) is 14.8. The van der Waals surface area contributed by atoms with Crippen LogP contribution < -0.4 is 10.6 Å². The second kappa shape index (κ2) is 13.6. The lowest BCUT2D eigenvalue weighted by Crippen LogP contribution is -2.38. The molecule has 142 valence electrons. The van der Waals surface area contributed by atoms with Gasteiger partial charge in [0.15, 0.2) is 5.96 Å². The predicted molar refractivity (Wildman–Crippen MR) is 114 cm³/mol. The Morgan fingerprint density at radius 1 is 1.32 bits per heavy atom. The molecule has 0 amide bonds. The fourth-order valence-corrected chi connectivity index (χ4v) is 2.66. The Morgan fingerprint density at radius 2 is 2.12 bits per heavy atom. The molecule has 1 atom stereocenters. The topological polar surface area (TPSA) is 54.9 Å². The van der Waals surface area contributed by atoms with Gasteiger partial charge in [0.2, 0.25) is 0 Å². The molecule has 0 saturated carbocycles. The monoisotopic (exact) mass is 481 g/mol. The molecule has 1 aromatic carbocycles. The molecular weight excluding hydrogens is 453 g/mol. The quantitative estimate of drug-likeness (QED) is 0.246. The molecule has 0 bridgehead atoms. The largest absolute Gasteiger partial charge is 0.377 e. The maximum Gasteiger partial charge on any atom is 0.191 e. The van der Waals surface area contributed by atoms with Crippen LogP contribution >= 0.6 is 35.6 Å². The van der Waals surface area contributed by atoms with Crippen molar-refractivity contribution in [1.82, 2.24) is 10.6 Å². The summed E-state index contributed by atoms with van der Waals surface area (Å²) in [5.74, 6) is 0.826. The van der Waals surface area contributed by atoms with E-state index in [1.807, 2.05) is 24.3 Å². The third-order valence-electron chi connectivity index (χ3n) is 3.80. The summed E-state index contributed by atoms with van der Waals surface area (Å²) in [5, 5.41) is 7.36. The molecule has 25 heavy (non-hydrogen) atoms. The van der Waals surface area contributed by atoms with Crippen LogP contribution in [0, 0.1) is 0 Å². The lowest BCUT2D eigenvalue weighted by atomic mass is 10.1. The summed E-state index contributed by atoms with van der Waals surface area (Å²) in [6, 6.07) is 7.93. The number of ether oxygens (including phenoxy) is 2. The molecule has 1 fully saturated rings. The van der Waals surface area contributed by atoms with E-state index in [9.17, 15) is 0 Å². The molecule has 1 unspecified atom stereocenters. The highest BCUT2D eigenvalue weighted by molar-refractivity contribution is 14.0. The Labute approximate surface area is 172 Å². The number of nitrogens with zero attached hydrogens (tertiary/aromatic N) is 1. The summed E-state index contributed by atoms with van der Waals surface area (Å²) in [6.07, 6.45) is 3.46. The summed E-state index contributed by atoms with van der Waals surface area (Å²) in [6.45, 7) is 6.53. The number of benzene rings is 1. The van der Waals surface area contributed by atoms with Gasteiger partial charge in [-0.25, -0.2) is 0 Å². The van der Waals surface area contributed by atoms with E-state index >= 15 is 0 Å². The van der Waals surface area contributed by atoms with Crippen LogP contribution in [0.2, 0.25) is 5.02 Å². The van der Waals surface area contributed by atoms with E-state index in [1.54, 1.807) is 0 Å². The Hall–Kier alpha value is -0.570. The molecule has 2 N–H and O–H groups in total. The molecule has 0 spiro atoms. The van der Waals surface area contributed by atoms with Crippen LogP contribution in [-0.4, -0.2) is 51.5 Å². The Morgan fingerprint density at radius 3 is 2.80 bits per heavy atom. The highest BCUT2D eigenvalue weighted by atomic mass is 127. The van der Waals surface area contributed by atoms with Gasteiger partial charge in [-0.05, 0) is 43.9 Å². The Bertz CT molecular complexity index is 494. The van der Waals surface area contributed by atoms with Gasteiger partial charge >= 0.3 is 0 Å². The molecule has 1 saturated heterocycles.